The molecule has 170 valence electrons. The Bertz CT molecular complexity index is 1300. The summed E-state index contributed by atoms with van der Waals surface area (Å²) in [6.45, 7) is 3.86. The Hall–Kier alpha value is -3.39. The number of nitrogens with zero attached hydrogens (tertiary/aromatic N) is 4. The molecule has 1 aliphatic rings. The van der Waals surface area contributed by atoms with E-state index < -0.39 is 10.0 Å². The number of benzene rings is 2. The molecule has 2 aromatic carbocycles. The molecule has 0 bridgehead atoms. The second kappa shape index (κ2) is 8.86. The van der Waals surface area contributed by atoms with Gasteiger partial charge >= 0.3 is 0 Å². The summed E-state index contributed by atoms with van der Waals surface area (Å²) >= 11 is 0. The van der Waals surface area contributed by atoms with Gasteiger partial charge in [0, 0.05) is 31.7 Å². The maximum atomic E-state index is 13.2. The largest absolute Gasteiger partial charge is 0.356 e. The summed E-state index contributed by atoms with van der Waals surface area (Å²) in [5, 5.41) is 0. The van der Waals surface area contributed by atoms with E-state index in [0.717, 1.165) is 48.6 Å². The number of hydrogen-bond acceptors (Lipinski definition) is 5. The lowest BCUT2D eigenvalue weighted by molar-refractivity contribution is 0.492. The van der Waals surface area contributed by atoms with Crippen LogP contribution in [0, 0.1) is 0 Å². The minimum absolute atomic E-state index is 0.197. The van der Waals surface area contributed by atoms with E-state index in [0.29, 0.717) is 12.2 Å². The summed E-state index contributed by atoms with van der Waals surface area (Å²) in [4.78, 5) is 15.2. The predicted molar refractivity (Wildman–Crippen MR) is 131 cm³/mol. The first-order valence-electron chi connectivity index (χ1n) is 11.3. The normalized spacial score (nSPS) is 16.8. The molecule has 4 aromatic rings. The number of pyridine rings is 1. The van der Waals surface area contributed by atoms with E-state index in [1.807, 2.05) is 55.5 Å². The lowest BCUT2D eigenvalue weighted by Crippen LogP contribution is -2.35. The highest BCUT2D eigenvalue weighted by molar-refractivity contribution is 7.92. The lowest BCUT2D eigenvalue weighted by Gasteiger charge is -2.32. The van der Waals surface area contributed by atoms with Crippen molar-refractivity contribution in [3.63, 3.8) is 0 Å². The second-order valence-electron chi connectivity index (χ2n) is 8.28. The molecule has 1 N–H and O–H groups in total. The van der Waals surface area contributed by atoms with E-state index in [9.17, 15) is 8.42 Å². The monoisotopic (exact) mass is 461 g/mol. The molecular weight excluding hydrogens is 434 g/mol. The Morgan fingerprint density at radius 3 is 2.58 bits per heavy atom. The average molecular weight is 462 g/mol. The summed E-state index contributed by atoms with van der Waals surface area (Å²) in [5.74, 6) is 2.07. The van der Waals surface area contributed by atoms with E-state index in [-0.39, 0.29) is 10.8 Å². The van der Waals surface area contributed by atoms with Crippen molar-refractivity contribution < 1.29 is 8.42 Å². The molecule has 1 fully saturated rings. The van der Waals surface area contributed by atoms with Gasteiger partial charge in [0.1, 0.15) is 16.5 Å². The summed E-state index contributed by atoms with van der Waals surface area (Å²) < 4.78 is 27.9. The standard InChI is InChI=1S/C25H27N5O2S/c1-2-30(20-10-4-3-5-11-20)33(31,32)21-14-15-24(26-17-21)29-16-8-9-19(18-29)25-27-22-12-6-7-13-23(22)28-25/h3-7,10-15,17,19H,2,8-9,16,18H2,1H3,(H,27,28)/t19-/m1/s1. The van der Waals surface area contributed by atoms with Gasteiger partial charge < -0.3 is 9.88 Å². The Morgan fingerprint density at radius 1 is 1.06 bits per heavy atom. The quantitative estimate of drug-likeness (QED) is 0.455. The first-order valence-corrected chi connectivity index (χ1v) is 12.7. The topological polar surface area (TPSA) is 82.2 Å². The Balaban J connectivity index is 1.35. The van der Waals surface area contributed by atoms with Crippen LogP contribution in [0.5, 0.6) is 0 Å². The molecule has 0 radical (unpaired) electrons. The molecule has 0 aliphatic carbocycles. The molecule has 1 atom stereocenters. The number of hydrogen-bond donors (Lipinski definition) is 1. The molecular formula is C25H27N5O2S. The molecule has 33 heavy (non-hydrogen) atoms. The third-order valence-electron chi connectivity index (χ3n) is 6.18. The molecule has 2 aromatic heterocycles. The number of anilines is 2. The molecule has 5 rings (SSSR count). The van der Waals surface area contributed by atoms with Crippen LogP contribution in [-0.4, -0.2) is 43.0 Å². The van der Waals surface area contributed by atoms with E-state index >= 15 is 0 Å². The molecule has 0 saturated carbocycles. The number of piperidine rings is 1. The van der Waals surface area contributed by atoms with Gasteiger partial charge in [-0.15, -0.1) is 0 Å². The average Bonchev–Trinajstić information content (AvgIpc) is 3.30. The lowest BCUT2D eigenvalue weighted by atomic mass is 9.97. The molecule has 0 unspecified atom stereocenters. The smallest absolute Gasteiger partial charge is 0.265 e. The summed E-state index contributed by atoms with van der Waals surface area (Å²) in [6.07, 6.45) is 3.56. The van der Waals surface area contributed by atoms with Gasteiger partial charge in [-0.1, -0.05) is 30.3 Å². The van der Waals surface area contributed by atoms with Gasteiger partial charge in [-0.05, 0) is 56.2 Å². The maximum Gasteiger partial charge on any atom is 0.265 e. The van der Waals surface area contributed by atoms with Crippen LogP contribution in [0.4, 0.5) is 11.5 Å². The van der Waals surface area contributed by atoms with Crippen LogP contribution < -0.4 is 9.21 Å². The van der Waals surface area contributed by atoms with Crippen LogP contribution in [0.2, 0.25) is 0 Å². The number of rotatable bonds is 6. The molecule has 3 heterocycles. The van der Waals surface area contributed by atoms with E-state index in [2.05, 4.69) is 14.9 Å². The molecule has 0 amide bonds. The number of sulfonamides is 1. The van der Waals surface area contributed by atoms with Crippen molar-refractivity contribution in [2.24, 2.45) is 0 Å². The Kier molecular flexibility index (Phi) is 5.76. The zero-order chi connectivity index (χ0) is 22.8. The van der Waals surface area contributed by atoms with Crippen molar-refractivity contribution in [3.8, 4) is 0 Å². The van der Waals surface area contributed by atoms with Crippen molar-refractivity contribution >= 4 is 32.6 Å². The first-order chi connectivity index (χ1) is 16.1. The SMILES string of the molecule is CCN(c1ccccc1)S(=O)(=O)c1ccc(N2CCC[C@@H](c3nc4ccccc4[nH]3)C2)nc1. The minimum atomic E-state index is -3.68. The minimum Gasteiger partial charge on any atom is -0.356 e. The van der Waals surface area contributed by atoms with Crippen LogP contribution in [-0.2, 0) is 10.0 Å². The van der Waals surface area contributed by atoms with Crippen molar-refractivity contribution in [2.45, 2.75) is 30.6 Å². The number of H-pyrrole nitrogens is 1. The fourth-order valence-corrected chi connectivity index (χ4v) is 5.92. The fraction of sp³-hybridized carbons (Fsp3) is 0.280. The summed E-state index contributed by atoms with van der Waals surface area (Å²) in [7, 11) is -3.68. The highest BCUT2D eigenvalue weighted by atomic mass is 32.2. The third kappa shape index (κ3) is 4.18. The van der Waals surface area contributed by atoms with Crippen molar-refractivity contribution in [1.82, 2.24) is 15.0 Å². The van der Waals surface area contributed by atoms with Gasteiger partial charge in [0.2, 0.25) is 0 Å². The predicted octanol–water partition coefficient (Wildman–Crippen LogP) is 4.56. The second-order valence-corrected chi connectivity index (χ2v) is 10.1. The van der Waals surface area contributed by atoms with Crippen LogP contribution in [0.15, 0.2) is 77.8 Å². The molecule has 1 aliphatic heterocycles. The fourth-order valence-electron chi connectivity index (χ4n) is 4.50. The van der Waals surface area contributed by atoms with Crippen LogP contribution in [0.1, 0.15) is 31.5 Å². The zero-order valence-corrected chi connectivity index (χ0v) is 19.4. The third-order valence-corrected chi connectivity index (χ3v) is 8.07. The number of imidazole rings is 1. The van der Waals surface area contributed by atoms with Crippen molar-refractivity contribution in [1.29, 1.82) is 0 Å². The van der Waals surface area contributed by atoms with Crippen LogP contribution >= 0.6 is 0 Å². The van der Waals surface area contributed by atoms with Gasteiger partial charge in [-0.25, -0.2) is 18.4 Å². The van der Waals surface area contributed by atoms with Gasteiger partial charge in [-0.2, -0.15) is 0 Å². The molecule has 8 heteroatoms. The summed E-state index contributed by atoms with van der Waals surface area (Å²) in [5.41, 5.74) is 2.68. The first kappa shape index (κ1) is 21.5. The zero-order valence-electron chi connectivity index (χ0n) is 18.6. The molecule has 1 saturated heterocycles. The number of aromatic amines is 1. The number of para-hydroxylation sites is 3. The van der Waals surface area contributed by atoms with E-state index in [1.165, 1.54) is 10.5 Å². The van der Waals surface area contributed by atoms with Gasteiger partial charge in [-0.3, -0.25) is 4.31 Å². The highest BCUT2D eigenvalue weighted by Crippen LogP contribution is 2.30. The molecule has 7 nitrogen and oxygen atoms in total. The van der Waals surface area contributed by atoms with Crippen LogP contribution in [0.3, 0.4) is 0 Å². The number of fused-ring (bicyclic) bond motifs is 1. The van der Waals surface area contributed by atoms with Gasteiger partial charge in [0.15, 0.2) is 0 Å². The van der Waals surface area contributed by atoms with Gasteiger partial charge in [0.25, 0.3) is 10.0 Å². The number of aromatic nitrogens is 3. The van der Waals surface area contributed by atoms with Crippen molar-refractivity contribution in [3.05, 3.63) is 78.8 Å². The van der Waals surface area contributed by atoms with Crippen LogP contribution in [0.25, 0.3) is 11.0 Å². The summed E-state index contributed by atoms with van der Waals surface area (Å²) in [6, 6.07) is 20.7. The number of nitrogens with one attached hydrogen (secondary N) is 1. The Labute approximate surface area is 194 Å². The van der Waals surface area contributed by atoms with Gasteiger partial charge in [0.05, 0.1) is 16.7 Å². The van der Waals surface area contributed by atoms with Crippen molar-refractivity contribution in [2.75, 3.05) is 28.8 Å². The van der Waals surface area contributed by atoms with E-state index in [4.69, 9.17) is 4.98 Å². The van der Waals surface area contributed by atoms with E-state index in [1.54, 1.807) is 18.2 Å². The highest BCUT2D eigenvalue weighted by Gasteiger charge is 2.27. The molecule has 0 spiro atoms. The Morgan fingerprint density at radius 2 is 1.85 bits per heavy atom. The maximum absolute atomic E-state index is 13.2.